The molecule has 0 radical (unpaired) electrons. The van der Waals surface area contributed by atoms with Crippen LogP contribution in [0.3, 0.4) is 0 Å². The molecule has 0 saturated carbocycles. The molecular formula is C35H39N3O3. The molecule has 4 aromatic carbocycles. The summed E-state index contributed by atoms with van der Waals surface area (Å²) in [5, 5.41) is 20.6. The Hall–Kier alpha value is -4.26. The number of nitrogens with one attached hydrogen (secondary N) is 3. The Labute approximate surface area is 242 Å². The number of benzene rings is 4. The van der Waals surface area contributed by atoms with E-state index < -0.39 is 12.1 Å². The molecule has 0 heterocycles. The number of amides is 2. The fourth-order valence-corrected chi connectivity index (χ4v) is 4.72. The van der Waals surface area contributed by atoms with Crippen molar-refractivity contribution in [1.29, 1.82) is 0 Å². The Bertz CT molecular complexity index is 1410. The van der Waals surface area contributed by atoms with Crippen molar-refractivity contribution in [2.24, 2.45) is 0 Å². The van der Waals surface area contributed by atoms with Gasteiger partial charge >= 0.3 is 0 Å². The molecule has 0 bridgehead atoms. The van der Waals surface area contributed by atoms with Gasteiger partial charge in [0.25, 0.3) is 11.8 Å². The third-order valence-electron chi connectivity index (χ3n) is 7.32. The Morgan fingerprint density at radius 2 is 1.24 bits per heavy atom. The zero-order chi connectivity index (χ0) is 29.2. The molecule has 6 nitrogen and oxygen atoms in total. The molecule has 212 valence electrons. The van der Waals surface area contributed by atoms with E-state index in [1.54, 1.807) is 24.3 Å². The summed E-state index contributed by atoms with van der Waals surface area (Å²) < 4.78 is 0. The SMILES string of the molecule is Cc1ccc([C@@H](C)NC(=O)c2cccc(C(=O)N[C@@H](Cc3ccccc3)[C@H](O)CN[C@@H](C)c3ccccc3)c2)cc1. The van der Waals surface area contributed by atoms with Gasteiger partial charge in [-0.1, -0.05) is 96.6 Å². The van der Waals surface area contributed by atoms with Crippen molar-refractivity contribution in [3.05, 3.63) is 143 Å². The summed E-state index contributed by atoms with van der Waals surface area (Å²) in [6, 6.07) is 33.8. The molecule has 4 rings (SSSR count). The molecule has 0 aliphatic rings. The number of carbonyl (C=O) groups is 2. The van der Waals surface area contributed by atoms with Crippen LogP contribution in [-0.4, -0.2) is 35.6 Å². The maximum Gasteiger partial charge on any atom is 0.251 e. The molecule has 6 heteroatoms. The second-order valence-corrected chi connectivity index (χ2v) is 10.6. The van der Waals surface area contributed by atoms with Gasteiger partial charge in [0.1, 0.15) is 0 Å². The van der Waals surface area contributed by atoms with Gasteiger partial charge in [-0.2, -0.15) is 0 Å². The van der Waals surface area contributed by atoms with Crippen LogP contribution < -0.4 is 16.0 Å². The lowest BCUT2D eigenvalue weighted by Crippen LogP contribution is -2.49. The molecule has 4 N–H and O–H groups in total. The molecule has 0 aliphatic heterocycles. The molecule has 0 aliphatic carbocycles. The maximum atomic E-state index is 13.4. The van der Waals surface area contributed by atoms with Crippen LogP contribution in [0.2, 0.25) is 0 Å². The molecule has 0 fully saturated rings. The van der Waals surface area contributed by atoms with Gasteiger partial charge in [0, 0.05) is 23.7 Å². The quantitative estimate of drug-likeness (QED) is 0.187. The lowest BCUT2D eigenvalue weighted by molar-refractivity contribution is 0.0825. The Morgan fingerprint density at radius 1 is 0.683 bits per heavy atom. The molecule has 4 aromatic rings. The average molecular weight is 550 g/mol. The van der Waals surface area contributed by atoms with Crippen LogP contribution in [0.4, 0.5) is 0 Å². The standard InChI is InChI=1S/C35H39N3O3/c1-24-17-19-29(20-18-24)26(3)37-34(40)30-15-10-16-31(22-30)35(41)38-32(21-27-11-6-4-7-12-27)33(39)23-36-25(2)28-13-8-5-9-14-28/h4-20,22,25-26,32-33,36,39H,21,23H2,1-3H3,(H,37,40)(H,38,41)/t25-,26+,32-,33+/m0/s1. The minimum absolute atomic E-state index is 0.0384. The summed E-state index contributed by atoms with van der Waals surface area (Å²) in [6.07, 6.45) is -0.379. The molecule has 0 aromatic heterocycles. The Morgan fingerprint density at radius 3 is 1.88 bits per heavy atom. The first-order chi connectivity index (χ1) is 19.8. The first kappa shape index (κ1) is 29.7. The summed E-state index contributed by atoms with van der Waals surface area (Å²) in [6.45, 7) is 6.30. The first-order valence-electron chi connectivity index (χ1n) is 14.1. The van der Waals surface area contributed by atoms with Gasteiger partial charge in [0.15, 0.2) is 0 Å². The fourth-order valence-electron chi connectivity index (χ4n) is 4.72. The van der Waals surface area contributed by atoms with E-state index in [0.717, 1.165) is 22.3 Å². The van der Waals surface area contributed by atoms with E-state index in [1.807, 2.05) is 106 Å². The van der Waals surface area contributed by atoms with Gasteiger partial charge in [-0.25, -0.2) is 0 Å². The normalized spacial score (nSPS) is 14.0. The minimum Gasteiger partial charge on any atom is -0.390 e. The average Bonchev–Trinajstić information content (AvgIpc) is 3.00. The van der Waals surface area contributed by atoms with Crippen LogP contribution >= 0.6 is 0 Å². The molecule has 0 unspecified atom stereocenters. The number of carbonyl (C=O) groups excluding carboxylic acids is 2. The van der Waals surface area contributed by atoms with Crippen LogP contribution in [0.15, 0.2) is 109 Å². The molecular weight excluding hydrogens is 510 g/mol. The van der Waals surface area contributed by atoms with Crippen molar-refractivity contribution in [3.8, 4) is 0 Å². The van der Waals surface area contributed by atoms with Gasteiger partial charge < -0.3 is 21.1 Å². The smallest absolute Gasteiger partial charge is 0.251 e. The highest BCUT2D eigenvalue weighted by molar-refractivity contribution is 5.99. The van der Waals surface area contributed by atoms with E-state index in [9.17, 15) is 14.7 Å². The minimum atomic E-state index is -0.841. The van der Waals surface area contributed by atoms with Gasteiger partial charge in [-0.15, -0.1) is 0 Å². The summed E-state index contributed by atoms with van der Waals surface area (Å²) in [4.78, 5) is 26.4. The van der Waals surface area contributed by atoms with Gasteiger partial charge in [-0.05, 0) is 62.1 Å². The van der Waals surface area contributed by atoms with E-state index in [-0.39, 0.29) is 23.9 Å². The summed E-state index contributed by atoms with van der Waals surface area (Å²) >= 11 is 0. The highest BCUT2D eigenvalue weighted by Crippen LogP contribution is 2.16. The highest BCUT2D eigenvalue weighted by Gasteiger charge is 2.24. The second-order valence-electron chi connectivity index (χ2n) is 10.6. The number of rotatable bonds is 12. The van der Waals surface area contributed by atoms with Crippen molar-refractivity contribution in [2.45, 2.75) is 51.4 Å². The summed E-state index contributed by atoms with van der Waals surface area (Å²) in [5.74, 6) is -0.602. The number of aliphatic hydroxyl groups excluding tert-OH is 1. The van der Waals surface area contributed by atoms with Crippen molar-refractivity contribution in [2.75, 3.05) is 6.54 Å². The predicted octanol–water partition coefficient (Wildman–Crippen LogP) is 5.54. The van der Waals surface area contributed by atoms with Crippen LogP contribution in [0, 0.1) is 6.92 Å². The molecule has 0 spiro atoms. The molecule has 0 saturated heterocycles. The third kappa shape index (κ3) is 8.61. The van der Waals surface area contributed by atoms with Crippen molar-refractivity contribution in [3.63, 3.8) is 0 Å². The van der Waals surface area contributed by atoms with Crippen molar-refractivity contribution in [1.82, 2.24) is 16.0 Å². The van der Waals surface area contributed by atoms with E-state index in [1.165, 1.54) is 0 Å². The molecule has 41 heavy (non-hydrogen) atoms. The van der Waals surface area contributed by atoms with E-state index in [4.69, 9.17) is 0 Å². The highest BCUT2D eigenvalue weighted by atomic mass is 16.3. The Balaban J connectivity index is 1.43. The second kappa shape index (κ2) is 14.4. The zero-order valence-corrected chi connectivity index (χ0v) is 23.9. The monoisotopic (exact) mass is 549 g/mol. The van der Waals surface area contributed by atoms with Gasteiger partial charge in [0.2, 0.25) is 0 Å². The van der Waals surface area contributed by atoms with Crippen molar-refractivity contribution < 1.29 is 14.7 Å². The van der Waals surface area contributed by atoms with Crippen LogP contribution in [-0.2, 0) is 6.42 Å². The third-order valence-corrected chi connectivity index (χ3v) is 7.32. The topological polar surface area (TPSA) is 90.5 Å². The van der Waals surface area contributed by atoms with E-state index >= 15 is 0 Å². The lowest BCUT2D eigenvalue weighted by Gasteiger charge is -2.26. The lowest BCUT2D eigenvalue weighted by atomic mass is 9.99. The predicted molar refractivity (Wildman–Crippen MR) is 164 cm³/mol. The van der Waals surface area contributed by atoms with Crippen LogP contribution in [0.5, 0.6) is 0 Å². The number of aryl methyl sites for hydroxylation is 1. The summed E-state index contributed by atoms with van der Waals surface area (Å²) in [5.41, 5.74) is 5.04. The summed E-state index contributed by atoms with van der Waals surface area (Å²) in [7, 11) is 0. The number of aliphatic hydroxyl groups is 1. The van der Waals surface area contributed by atoms with Crippen LogP contribution in [0.25, 0.3) is 0 Å². The molecule has 4 atom stereocenters. The molecule has 2 amide bonds. The van der Waals surface area contributed by atoms with Crippen LogP contribution in [0.1, 0.15) is 68.9 Å². The largest absolute Gasteiger partial charge is 0.390 e. The van der Waals surface area contributed by atoms with Gasteiger partial charge in [-0.3, -0.25) is 9.59 Å². The zero-order valence-electron chi connectivity index (χ0n) is 23.9. The fraction of sp³-hybridized carbons (Fsp3) is 0.257. The van der Waals surface area contributed by atoms with E-state index in [0.29, 0.717) is 24.1 Å². The van der Waals surface area contributed by atoms with Gasteiger partial charge in [0.05, 0.1) is 18.2 Å². The van der Waals surface area contributed by atoms with Crippen molar-refractivity contribution >= 4 is 11.8 Å². The maximum absolute atomic E-state index is 13.4. The van der Waals surface area contributed by atoms with E-state index in [2.05, 4.69) is 16.0 Å². The number of hydrogen-bond donors (Lipinski definition) is 4. The number of hydrogen-bond acceptors (Lipinski definition) is 4. The first-order valence-corrected chi connectivity index (χ1v) is 14.1. The Kier molecular flexibility index (Phi) is 10.4.